The third-order valence-corrected chi connectivity index (χ3v) is 3.29. The van der Waals surface area contributed by atoms with Crippen molar-refractivity contribution >= 4 is 0 Å². The van der Waals surface area contributed by atoms with E-state index in [1.54, 1.807) is 25.6 Å². The number of methoxy groups -OCH3 is 1. The summed E-state index contributed by atoms with van der Waals surface area (Å²) in [5.41, 5.74) is 5.11. The third-order valence-electron chi connectivity index (χ3n) is 3.29. The number of ether oxygens (including phenoxy) is 1. The Morgan fingerprint density at radius 1 is 1.44 bits per heavy atom. The number of hydrogen-bond acceptors (Lipinski definition) is 3. The minimum absolute atomic E-state index is 0.141. The molecular weight excluding hydrogens is 207 g/mol. The maximum Gasteiger partial charge on any atom is 0.137 e. The summed E-state index contributed by atoms with van der Waals surface area (Å²) in [6, 6.07) is 1.87. The molecule has 2 N–H and O–H groups in total. The maximum absolute atomic E-state index is 14.6. The van der Waals surface area contributed by atoms with Crippen molar-refractivity contribution in [1.29, 1.82) is 0 Å². The molecule has 4 heteroatoms. The van der Waals surface area contributed by atoms with E-state index in [1.807, 2.05) is 0 Å². The van der Waals surface area contributed by atoms with Crippen molar-refractivity contribution in [3.8, 4) is 5.75 Å². The molecular formula is C12H17FN2O. The SMILES string of the molecule is COc1cncc(C2(F)CCC(N)CC2)c1. The Balaban J connectivity index is 2.21. The lowest BCUT2D eigenvalue weighted by atomic mass is 9.80. The van der Waals surface area contributed by atoms with Gasteiger partial charge in [-0.15, -0.1) is 0 Å². The molecule has 0 unspecified atom stereocenters. The van der Waals surface area contributed by atoms with Crippen molar-refractivity contribution in [2.45, 2.75) is 37.4 Å². The van der Waals surface area contributed by atoms with Gasteiger partial charge in [0.05, 0.1) is 13.3 Å². The molecule has 0 bridgehead atoms. The highest BCUT2D eigenvalue weighted by molar-refractivity contribution is 5.28. The normalized spacial score (nSPS) is 30.1. The molecule has 0 spiro atoms. The molecule has 1 aromatic rings. The monoisotopic (exact) mass is 224 g/mol. The lowest BCUT2D eigenvalue weighted by Gasteiger charge is -2.32. The van der Waals surface area contributed by atoms with Crippen LogP contribution < -0.4 is 10.5 Å². The van der Waals surface area contributed by atoms with Gasteiger partial charge in [-0.3, -0.25) is 4.98 Å². The molecule has 1 aromatic heterocycles. The van der Waals surface area contributed by atoms with Gasteiger partial charge in [0, 0.05) is 17.8 Å². The molecule has 0 radical (unpaired) electrons. The van der Waals surface area contributed by atoms with Gasteiger partial charge in [-0.25, -0.2) is 4.39 Å². The minimum Gasteiger partial charge on any atom is -0.495 e. The van der Waals surface area contributed by atoms with E-state index in [4.69, 9.17) is 10.5 Å². The predicted molar refractivity (Wildman–Crippen MR) is 60.0 cm³/mol. The van der Waals surface area contributed by atoms with Crippen molar-refractivity contribution < 1.29 is 9.13 Å². The first-order valence-corrected chi connectivity index (χ1v) is 5.58. The fourth-order valence-corrected chi connectivity index (χ4v) is 2.16. The number of rotatable bonds is 2. The van der Waals surface area contributed by atoms with E-state index < -0.39 is 5.67 Å². The van der Waals surface area contributed by atoms with Crippen molar-refractivity contribution in [1.82, 2.24) is 4.98 Å². The fourth-order valence-electron chi connectivity index (χ4n) is 2.16. The van der Waals surface area contributed by atoms with Gasteiger partial charge in [0.2, 0.25) is 0 Å². The Morgan fingerprint density at radius 3 is 2.75 bits per heavy atom. The molecule has 0 saturated heterocycles. The van der Waals surface area contributed by atoms with Crippen molar-refractivity contribution in [3.63, 3.8) is 0 Å². The summed E-state index contributed by atoms with van der Waals surface area (Å²) in [4.78, 5) is 4.00. The molecule has 0 aliphatic heterocycles. The Labute approximate surface area is 94.8 Å². The summed E-state index contributed by atoms with van der Waals surface area (Å²) in [5.74, 6) is 0.601. The highest BCUT2D eigenvalue weighted by Crippen LogP contribution is 2.40. The molecule has 1 fully saturated rings. The van der Waals surface area contributed by atoms with E-state index >= 15 is 0 Å². The number of nitrogens with two attached hydrogens (primary N) is 1. The molecule has 1 heterocycles. The van der Waals surface area contributed by atoms with Gasteiger partial charge < -0.3 is 10.5 Å². The quantitative estimate of drug-likeness (QED) is 0.837. The first-order chi connectivity index (χ1) is 7.64. The predicted octanol–water partition coefficient (Wildman–Crippen LogP) is 2.16. The standard InChI is InChI=1S/C12H17FN2O/c1-16-11-6-9(7-15-8-11)12(13)4-2-10(14)3-5-12/h6-8,10H,2-5,14H2,1H3. The van der Waals surface area contributed by atoms with Gasteiger partial charge in [-0.2, -0.15) is 0 Å². The van der Waals surface area contributed by atoms with Crippen LogP contribution in [0.15, 0.2) is 18.5 Å². The topological polar surface area (TPSA) is 48.1 Å². The van der Waals surface area contributed by atoms with E-state index in [-0.39, 0.29) is 6.04 Å². The van der Waals surface area contributed by atoms with Gasteiger partial charge in [-0.1, -0.05) is 0 Å². The zero-order valence-electron chi connectivity index (χ0n) is 9.45. The summed E-state index contributed by atoms with van der Waals surface area (Å²) < 4.78 is 19.7. The fraction of sp³-hybridized carbons (Fsp3) is 0.583. The lowest BCUT2D eigenvalue weighted by Crippen LogP contribution is -2.34. The smallest absolute Gasteiger partial charge is 0.137 e. The molecule has 2 rings (SSSR count). The van der Waals surface area contributed by atoms with E-state index in [0.717, 1.165) is 12.8 Å². The van der Waals surface area contributed by atoms with E-state index in [9.17, 15) is 4.39 Å². The lowest BCUT2D eigenvalue weighted by molar-refractivity contribution is 0.0972. The number of nitrogens with zero attached hydrogens (tertiary/aromatic N) is 1. The summed E-state index contributed by atoms with van der Waals surface area (Å²) in [6.07, 6.45) is 5.58. The molecule has 1 saturated carbocycles. The third kappa shape index (κ3) is 2.16. The van der Waals surface area contributed by atoms with Gasteiger partial charge in [0.25, 0.3) is 0 Å². The molecule has 16 heavy (non-hydrogen) atoms. The summed E-state index contributed by atoms with van der Waals surface area (Å²) in [7, 11) is 1.56. The average Bonchev–Trinajstić information content (AvgIpc) is 2.33. The van der Waals surface area contributed by atoms with Gasteiger partial charge in [0.1, 0.15) is 11.4 Å². The van der Waals surface area contributed by atoms with Crippen molar-refractivity contribution in [3.05, 3.63) is 24.0 Å². The minimum atomic E-state index is -1.28. The molecule has 88 valence electrons. The Hall–Kier alpha value is -1.16. The highest BCUT2D eigenvalue weighted by Gasteiger charge is 2.36. The Kier molecular flexibility index (Phi) is 3.10. The Bertz CT molecular complexity index is 362. The molecule has 0 aromatic carbocycles. The molecule has 3 nitrogen and oxygen atoms in total. The molecule has 0 amide bonds. The highest BCUT2D eigenvalue weighted by atomic mass is 19.1. The number of aromatic nitrogens is 1. The van der Waals surface area contributed by atoms with E-state index in [2.05, 4.69) is 4.98 Å². The summed E-state index contributed by atoms with van der Waals surface area (Å²) in [6.45, 7) is 0. The summed E-state index contributed by atoms with van der Waals surface area (Å²) >= 11 is 0. The zero-order chi connectivity index (χ0) is 11.6. The van der Waals surface area contributed by atoms with Crippen molar-refractivity contribution in [2.75, 3.05) is 7.11 Å². The zero-order valence-corrected chi connectivity index (χ0v) is 9.45. The number of halogens is 1. The van der Waals surface area contributed by atoms with Crippen LogP contribution >= 0.6 is 0 Å². The van der Waals surface area contributed by atoms with Crippen LogP contribution in [0.5, 0.6) is 5.75 Å². The first-order valence-electron chi connectivity index (χ1n) is 5.58. The number of hydrogen-bond donors (Lipinski definition) is 1. The maximum atomic E-state index is 14.6. The van der Waals surface area contributed by atoms with E-state index in [1.165, 1.54) is 0 Å². The second-order valence-electron chi connectivity index (χ2n) is 4.42. The number of alkyl halides is 1. The largest absolute Gasteiger partial charge is 0.495 e. The molecule has 1 aliphatic carbocycles. The second kappa shape index (κ2) is 4.37. The number of pyridine rings is 1. The van der Waals surface area contributed by atoms with Crippen LogP contribution in [0.4, 0.5) is 4.39 Å². The van der Waals surface area contributed by atoms with Crippen LogP contribution in [0.25, 0.3) is 0 Å². The second-order valence-corrected chi connectivity index (χ2v) is 4.42. The van der Waals surface area contributed by atoms with Crippen LogP contribution in [0.3, 0.4) is 0 Å². The van der Waals surface area contributed by atoms with Crippen LogP contribution in [-0.2, 0) is 5.67 Å². The van der Waals surface area contributed by atoms with E-state index in [0.29, 0.717) is 24.2 Å². The van der Waals surface area contributed by atoms with Gasteiger partial charge in [0.15, 0.2) is 0 Å². The Morgan fingerprint density at radius 2 is 2.12 bits per heavy atom. The first kappa shape index (κ1) is 11.3. The van der Waals surface area contributed by atoms with Crippen LogP contribution in [-0.4, -0.2) is 18.1 Å². The van der Waals surface area contributed by atoms with Crippen molar-refractivity contribution in [2.24, 2.45) is 5.73 Å². The van der Waals surface area contributed by atoms with Crippen LogP contribution in [0, 0.1) is 0 Å². The van der Waals surface area contributed by atoms with Gasteiger partial charge in [-0.05, 0) is 31.7 Å². The van der Waals surface area contributed by atoms with Gasteiger partial charge >= 0.3 is 0 Å². The summed E-state index contributed by atoms with van der Waals surface area (Å²) in [5, 5.41) is 0. The van der Waals surface area contributed by atoms with Crippen LogP contribution in [0.1, 0.15) is 31.2 Å². The molecule has 0 atom stereocenters. The van der Waals surface area contributed by atoms with Crippen LogP contribution in [0.2, 0.25) is 0 Å². The average molecular weight is 224 g/mol. The molecule has 1 aliphatic rings.